The van der Waals surface area contributed by atoms with Crippen molar-refractivity contribution in [3.05, 3.63) is 59.4 Å². The lowest BCUT2D eigenvalue weighted by Gasteiger charge is -2.30. The molecule has 1 aromatic carbocycles. The highest BCUT2D eigenvalue weighted by molar-refractivity contribution is 7.99. The molecule has 9 heteroatoms. The first-order chi connectivity index (χ1) is 16.0. The van der Waals surface area contributed by atoms with Crippen LogP contribution in [0.15, 0.2) is 41.4 Å². The van der Waals surface area contributed by atoms with E-state index in [0.717, 1.165) is 37.9 Å². The van der Waals surface area contributed by atoms with Gasteiger partial charge in [0.25, 0.3) is 0 Å². The van der Waals surface area contributed by atoms with Crippen LogP contribution in [0.1, 0.15) is 62.6 Å². The summed E-state index contributed by atoms with van der Waals surface area (Å²) >= 11 is 1.50. The summed E-state index contributed by atoms with van der Waals surface area (Å²) in [5.74, 6) is 0.393. The lowest BCUT2D eigenvalue weighted by Crippen LogP contribution is -2.22. The summed E-state index contributed by atoms with van der Waals surface area (Å²) in [5.41, 5.74) is 2.05. The van der Waals surface area contributed by atoms with E-state index in [-0.39, 0.29) is 23.7 Å². The maximum Gasteiger partial charge on any atom is 0.316 e. The van der Waals surface area contributed by atoms with E-state index in [4.69, 9.17) is 4.89 Å². The van der Waals surface area contributed by atoms with E-state index in [1.807, 2.05) is 12.1 Å². The fourth-order valence-corrected chi connectivity index (χ4v) is 5.73. The Hall–Kier alpha value is -1.31. The van der Waals surface area contributed by atoms with Crippen LogP contribution in [-0.2, 0) is 21.0 Å². The number of thioether (sulfide) groups is 1. The van der Waals surface area contributed by atoms with E-state index in [0.29, 0.717) is 30.1 Å². The van der Waals surface area contributed by atoms with Crippen molar-refractivity contribution in [2.45, 2.75) is 68.2 Å². The molecule has 1 aromatic heterocycles. The molecule has 1 heterocycles. The normalized spacial score (nSPS) is 16.2. The SMILES string of the molecule is O=[PH](O)OCCCNCc1cc(F)c(SCCCCC2(c3ccc(F)cc3)CCCC2)cn1. The molecule has 2 aromatic rings. The van der Waals surface area contributed by atoms with E-state index >= 15 is 0 Å². The van der Waals surface area contributed by atoms with Gasteiger partial charge in [-0.15, -0.1) is 11.8 Å². The van der Waals surface area contributed by atoms with Gasteiger partial charge in [0.1, 0.15) is 11.6 Å². The van der Waals surface area contributed by atoms with Gasteiger partial charge < -0.3 is 14.7 Å². The molecular formula is C24H33F2N2O3PS. The van der Waals surface area contributed by atoms with E-state index in [1.165, 1.54) is 36.2 Å². The smallest absolute Gasteiger partial charge is 0.316 e. The van der Waals surface area contributed by atoms with Crippen LogP contribution in [-0.4, -0.2) is 28.8 Å². The highest BCUT2D eigenvalue weighted by Gasteiger charge is 2.34. The molecule has 1 fully saturated rings. The van der Waals surface area contributed by atoms with Crippen LogP contribution >= 0.6 is 20.0 Å². The number of nitrogens with one attached hydrogen (secondary N) is 1. The van der Waals surface area contributed by atoms with E-state index in [9.17, 15) is 13.3 Å². The minimum Gasteiger partial charge on any atom is -0.326 e. The van der Waals surface area contributed by atoms with Gasteiger partial charge in [-0.3, -0.25) is 9.55 Å². The van der Waals surface area contributed by atoms with E-state index in [1.54, 1.807) is 18.3 Å². The van der Waals surface area contributed by atoms with Crippen molar-refractivity contribution in [1.82, 2.24) is 10.3 Å². The van der Waals surface area contributed by atoms with Crippen molar-refractivity contribution in [2.75, 3.05) is 18.9 Å². The van der Waals surface area contributed by atoms with Crippen LogP contribution < -0.4 is 5.32 Å². The second kappa shape index (κ2) is 13.5. The lowest BCUT2D eigenvalue weighted by molar-refractivity contribution is 0.276. The van der Waals surface area contributed by atoms with Gasteiger partial charge in [0.2, 0.25) is 0 Å². The van der Waals surface area contributed by atoms with Gasteiger partial charge in [0.15, 0.2) is 0 Å². The number of unbranched alkanes of at least 4 members (excludes halogenated alkanes) is 1. The maximum absolute atomic E-state index is 14.4. The molecule has 0 amide bonds. The Kier molecular flexibility index (Phi) is 10.8. The van der Waals surface area contributed by atoms with Crippen LogP contribution in [0.25, 0.3) is 0 Å². The van der Waals surface area contributed by atoms with Gasteiger partial charge in [-0.2, -0.15) is 0 Å². The van der Waals surface area contributed by atoms with Crippen LogP contribution in [0.2, 0.25) is 0 Å². The number of nitrogens with zero attached hydrogens (tertiary/aromatic N) is 1. The predicted octanol–water partition coefficient (Wildman–Crippen LogP) is 6.01. The summed E-state index contributed by atoms with van der Waals surface area (Å²) < 4.78 is 42.8. The Morgan fingerprint density at radius 3 is 2.61 bits per heavy atom. The van der Waals surface area contributed by atoms with E-state index in [2.05, 4.69) is 14.8 Å². The third kappa shape index (κ3) is 8.45. The molecule has 1 aliphatic rings. The van der Waals surface area contributed by atoms with Gasteiger partial charge in [-0.25, -0.2) is 8.78 Å². The standard InChI is InChI=1S/C24H33F2N2O3PS/c25-20-8-6-19(7-9-20)24(10-1-2-11-24)12-3-4-15-33-23-18-28-21(16-22(23)26)17-27-13-5-14-31-32(29)30/h6-9,16,18,27,32H,1-5,10-15,17H2,(H,29,30). The number of hydrogen-bond acceptors (Lipinski definition) is 5. The molecule has 0 spiro atoms. The second-order valence-corrected chi connectivity index (χ2v) is 10.5. The third-order valence-electron chi connectivity index (χ3n) is 6.23. The number of pyridine rings is 1. The summed E-state index contributed by atoms with van der Waals surface area (Å²) in [6.07, 6.45) is 10.1. The highest BCUT2D eigenvalue weighted by atomic mass is 32.2. The van der Waals surface area contributed by atoms with Crippen molar-refractivity contribution in [1.29, 1.82) is 0 Å². The molecule has 0 aliphatic heterocycles. The first-order valence-electron chi connectivity index (χ1n) is 11.6. The lowest BCUT2D eigenvalue weighted by atomic mass is 9.75. The third-order valence-corrected chi connectivity index (χ3v) is 7.79. The minimum atomic E-state index is -2.87. The van der Waals surface area contributed by atoms with Crippen molar-refractivity contribution in [3.63, 3.8) is 0 Å². The molecule has 182 valence electrons. The number of hydrogen-bond donors (Lipinski definition) is 2. The molecule has 0 saturated heterocycles. The van der Waals surface area contributed by atoms with Crippen LogP contribution in [0.3, 0.4) is 0 Å². The van der Waals surface area contributed by atoms with Crippen molar-refractivity contribution < 1.29 is 22.8 Å². The monoisotopic (exact) mass is 498 g/mol. The molecule has 0 bridgehead atoms. The molecule has 1 saturated carbocycles. The Balaban J connectivity index is 1.38. The topological polar surface area (TPSA) is 71.5 Å². The zero-order valence-corrected chi connectivity index (χ0v) is 20.6. The summed E-state index contributed by atoms with van der Waals surface area (Å²) in [4.78, 5) is 13.5. The number of halogens is 2. The van der Waals surface area contributed by atoms with E-state index < -0.39 is 8.25 Å². The van der Waals surface area contributed by atoms with Gasteiger partial charge in [0.05, 0.1) is 17.2 Å². The Morgan fingerprint density at radius 2 is 1.91 bits per heavy atom. The molecule has 1 unspecified atom stereocenters. The molecule has 5 nitrogen and oxygen atoms in total. The predicted molar refractivity (Wildman–Crippen MR) is 129 cm³/mol. The van der Waals surface area contributed by atoms with Gasteiger partial charge in [-0.1, -0.05) is 31.4 Å². The summed E-state index contributed by atoms with van der Waals surface area (Å²) in [6.45, 7) is 1.24. The number of aromatic nitrogens is 1. The van der Waals surface area contributed by atoms with Crippen molar-refractivity contribution in [3.8, 4) is 0 Å². The fraction of sp³-hybridized carbons (Fsp3) is 0.542. The summed E-state index contributed by atoms with van der Waals surface area (Å²) in [5, 5.41) is 3.12. The first kappa shape index (κ1) is 26.3. The second-order valence-electron chi connectivity index (χ2n) is 8.55. The fourth-order valence-electron chi connectivity index (χ4n) is 4.52. The molecule has 2 N–H and O–H groups in total. The molecular weight excluding hydrogens is 465 g/mol. The molecule has 33 heavy (non-hydrogen) atoms. The molecule has 1 atom stereocenters. The zero-order valence-electron chi connectivity index (χ0n) is 18.8. The average molecular weight is 499 g/mol. The van der Waals surface area contributed by atoms with Crippen LogP contribution in [0.4, 0.5) is 8.78 Å². The number of benzene rings is 1. The first-order valence-corrected chi connectivity index (χ1v) is 13.8. The summed E-state index contributed by atoms with van der Waals surface area (Å²) in [7, 11) is -2.87. The Labute approximate surface area is 199 Å². The quantitative estimate of drug-likeness (QED) is 0.189. The average Bonchev–Trinajstić information content (AvgIpc) is 3.27. The number of rotatable bonds is 14. The zero-order chi connectivity index (χ0) is 23.5. The van der Waals surface area contributed by atoms with Crippen LogP contribution in [0.5, 0.6) is 0 Å². The molecule has 3 rings (SSSR count). The Morgan fingerprint density at radius 1 is 1.15 bits per heavy atom. The van der Waals surface area contributed by atoms with Crippen LogP contribution in [0, 0.1) is 11.6 Å². The molecule has 1 aliphatic carbocycles. The Bertz CT molecular complexity index is 896. The largest absolute Gasteiger partial charge is 0.326 e. The summed E-state index contributed by atoms with van der Waals surface area (Å²) in [6, 6.07) is 8.48. The highest BCUT2D eigenvalue weighted by Crippen LogP contribution is 2.45. The van der Waals surface area contributed by atoms with Gasteiger partial charge >= 0.3 is 8.25 Å². The maximum atomic E-state index is 14.4. The van der Waals surface area contributed by atoms with Crippen molar-refractivity contribution >= 4 is 20.0 Å². The molecule has 0 radical (unpaired) electrons. The van der Waals surface area contributed by atoms with Gasteiger partial charge in [0, 0.05) is 12.7 Å². The van der Waals surface area contributed by atoms with Crippen molar-refractivity contribution in [2.24, 2.45) is 0 Å². The minimum absolute atomic E-state index is 0.169. The van der Waals surface area contributed by atoms with Gasteiger partial charge in [-0.05, 0) is 73.6 Å².